The molecule has 2 heterocycles. The Morgan fingerprint density at radius 2 is 2.21 bits per heavy atom. The maximum Gasteiger partial charge on any atom is 0.319 e. The third-order valence-electron chi connectivity index (χ3n) is 4.24. The molecule has 2 unspecified atom stereocenters. The highest BCUT2D eigenvalue weighted by Gasteiger charge is 2.25. The first-order chi connectivity index (χ1) is 11.5. The van der Waals surface area contributed by atoms with Gasteiger partial charge in [0, 0.05) is 10.3 Å². The predicted octanol–water partition coefficient (Wildman–Crippen LogP) is 4.50. The highest BCUT2D eigenvalue weighted by atomic mass is 32.2. The number of hydrogen-bond donors (Lipinski definition) is 0. The zero-order chi connectivity index (χ0) is 17.3. The van der Waals surface area contributed by atoms with Gasteiger partial charge in [-0.05, 0) is 43.6 Å². The Morgan fingerprint density at radius 1 is 1.42 bits per heavy atom. The number of nitrogens with zero attached hydrogens (tertiary/aromatic N) is 2. The van der Waals surface area contributed by atoms with Gasteiger partial charge in [0.2, 0.25) is 0 Å². The first-order valence-corrected chi connectivity index (χ1v) is 10.2. The van der Waals surface area contributed by atoms with Crippen LogP contribution >= 0.6 is 23.1 Å². The molecule has 0 saturated heterocycles. The first-order valence-electron chi connectivity index (χ1n) is 8.54. The van der Waals surface area contributed by atoms with Gasteiger partial charge in [0.25, 0.3) is 0 Å². The number of aryl methyl sites for hydroxylation is 1. The molecule has 1 aliphatic carbocycles. The standard InChI is InChI=1S/C18H24N2O2S2/c1-10(2)8-22-18(21)12(4)23-16-15-13-6-5-11(3)7-14(13)24-17(15)20-9-19-16/h9-12H,5-8H2,1-4H3. The Morgan fingerprint density at radius 3 is 2.96 bits per heavy atom. The fourth-order valence-electron chi connectivity index (χ4n) is 2.92. The number of thiophene rings is 1. The molecule has 4 nitrogen and oxygen atoms in total. The molecule has 0 saturated carbocycles. The van der Waals surface area contributed by atoms with Gasteiger partial charge in [-0.15, -0.1) is 11.3 Å². The number of thioether (sulfide) groups is 1. The van der Waals surface area contributed by atoms with Crippen molar-refractivity contribution in [2.24, 2.45) is 11.8 Å². The van der Waals surface area contributed by atoms with Crippen molar-refractivity contribution in [2.45, 2.75) is 57.2 Å². The van der Waals surface area contributed by atoms with Crippen LogP contribution in [0.2, 0.25) is 0 Å². The topological polar surface area (TPSA) is 52.1 Å². The smallest absolute Gasteiger partial charge is 0.319 e. The summed E-state index contributed by atoms with van der Waals surface area (Å²) in [5, 5.41) is 1.82. The van der Waals surface area contributed by atoms with Gasteiger partial charge >= 0.3 is 5.97 Å². The van der Waals surface area contributed by atoms with Crippen LogP contribution in [0.5, 0.6) is 0 Å². The van der Waals surface area contributed by atoms with Crippen molar-refractivity contribution in [2.75, 3.05) is 6.61 Å². The Labute approximate surface area is 151 Å². The van der Waals surface area contributed by atoms with Crippen LogP contribution in [0.4, 0.5) is 0 Å². The zero-order valence-electron chi connectivity index (χ0n) is 14.7. The Kier molecular flexibility index (Phi) is 5.45. The number of carbonyl (C=O) groups is 1. The van der Waals surface area contributed by atoms with Crippen molar-refractivity contribution < 1.29 is 9.53 Å². The number of carbonyl (C=O) groups excluding carboxylic acids is 1. The lowest BCUT2D eigenvalue weighted by Gasteiger charge is -2.18. The van der Waals surface area contributed by atoms with E-state index < -0.39 is 0 Å². The minimum absolute atomic E-state index is 0.168. The van der Waals surface area contributed by atoms with Crippen molar-refractivity contribution >= 4 is 39.3 Å². The van der Waals surface area contributed by atoms with E-state index in [4.69, 9.17) is 4.74 Å². The highest BCUT2D eigenvalue weighted by molar-refractivity contribution is 8.00. The molecule has 0 fully saturated rings. The quantitative estimate of drug-likeness (QED) is 0.444. The number of fused-ring (bicyclic) bond motifs is 3. The lowest BCUT2D eigenvalue weighted by atomic mass is 9.89. The van der Waals surface area contributed by atoms with E-state index in [-0.39, 0.29) is 11.2 Å². The zero-order valence-corrected chi connectivity index (χ0v) is 16.3. The van der Waals surface area contributed by atoms with Gasteiger partial charge < -0.3 is 4.74 Å². The number of hydrogen-bond acceptors (Lipinski definition) is 6. The molecular formula is C18H24N2O2S2. The molecule has 0 spiro atoms. The van der Waals surface area contributed by atoms with Crippen LogP contribution in [0.1, 0.15) is 44.6 Å². The summed E-state index contributed by atoms with van der Waals surface area (Å²) in [5.41, 5.74) is 1.40. The molecule has 2 aromatic heterocycles. The molecule has 130 valence electrons. The van der Waals surface area contributed by atoms with E-state index in [1.54, 1.807) is 17.7 Å². The summed E-state index contributed by atoms with van der Waals surface area (Å²) >= 11 is 3.28. The first kappa shape index (κ1) is 17.7. The molecule has 24 heavy (non-hydrogen) atoms. The van der Waals surface area contributed by atoms with E-state index in [2.05, 4.69) is 16.9 Å². The molecule has 0 N–H and O–H groups in total. The summed E-state index contributed by atoms with van der Waals surface area (Å²) in [6.45, 7) is 8.74. The molecule has 0 bridgehead atoms. The molecule has 6 heteroatoms. The van der Waals surface area contributed by atoms with Crippen molar-refractivity contribution in [3.8, 4) is 0 Å². The molecule has 3 rings (SSSR count). The van der Waals surface area contributed by atoms with Crippen LogP contribution in [0.25, 0.3) is 10.2 Å². The van der Waals surface area contributed by atoms with Gasteiger partial charge in [-0.1, -0.05) is 32.5 Å². The molecule has 2 atom stereocenters. The largest absolute Gasteiger partial charge is 0.465 e. The molecule has 1 aliphatic rings. The maximum absolute atomic E-state index is 12.2. The normalized spacial score (nSPS) is 18.6. The van der Waals surface area contributed by atoms with Gasteiger partial charge in [-0.3, -0.25) is 4.79 Å². The number of rotatable bonds is 5. The average molecular weight is 365 g/mol. The van der Waals surface area contributed by atoms with Gasteiger partial charge in [0.15, 0.2) is 0 Å². The van der Waals surface area contributed by atoms with E-state index in [0.29, 0.717) is 12.5 Å². The Bertz CT molecular complexity index is 742. The summed E-state index contributed by atoms with van der Waals surface area (Å²) in [4.78, 5) is 23.6. The minimum Gasteiger partial charge on any atom is -0.465 e. The van der Waals surface area contributed by atoms with Gasteiger partial charge in [0.1, 0.15) is 21.4 Å². The van der Waals surface area contributed by atoms with Crippen molar-refractivity contribution in [1.82, 2.24) is 9.97 Å². The SMILES string of the molecule is CC(C)COC(=O)C(C)Sc1ncnc2sc3c(c12)CCC(C)C3. The van der Waals surface area contributed by atoms with Crippen molar-refractivity contribution in [1.29, 1.82) is 0 Å². The van der Waals surface area contributed by atoms with Crippen LogP contribution < -0.4 is 0 Å². The Balaban J connectivity index is 1.83. The lowest BCUT2D eigenvalue weighted by molar-refractivity contribution is -0.143. The third kappa shape index (κ3) is 3.75. The summed E-state index contributed by atoms with van der Waals surface area (Å²) < 4.78 is 5.36. The van der Waals surface area contributed by atoms with Crippen LogP contribution in [0.15, 0.2) is 11.4 Å². The van der Waals surface area contributed by atoms with E-state index >= 15 is 0 Å². The van der Waals surface area contributed by atoms with Crippen LogP contribution in [-0.4, -0.2) is 27.8 Å². The Hall–Kier alpha value is -1.14. The van der Waals surface area contributed by atoms with E-state index in [1.807, 2.05) is 20.8 Å². The van der Waals surface area contributed by atoms with E-state index in [9.17, 15) is 4.79 Å². The number of esters is 1. The van der Waals surface area contributed by atoms with Crippen LogP contribution in [0, 0.1) is 11.8 Å². The van der Waals surface area contributed by atoms with Gasteiger partial charge in [-0.25, -0.2) is 9.97 Å². The van der Waals surface area contributed by atoms with Crippen LogP contribution in [0.3, 0.4) is 0 Å². The van der Waals surface area contributed by atoms with E-state index in [1.165, 1.54) is 28.6 Å². The molecule has 2 aromatic rings. The second-order valence-electron chi connectivity index (χ2n) is 6.99. The number of ether oxygens (including phenoxy) is 1. The van der Waals surface area contributed by atoms with Crippen molar-refractivity contribution in [3.05, 3.63) is 16.8 Å². The van der Waals surface area contributed by atoms with E-state index in [0.717, 1.165) is 34.0 Å². The third-order valence-corrected chi connectivity index (χ3v) is 6.48. The molecular weight excluding hydrogens is 340 g/mol. The predicted molar refractivity (Wildman–Crippen MR) is 99.7 cm³/mol. The summed E-state index contributed by atoms with van der Waals surface area (Å²) in [5.74, 6) is 0.917. The summed E-state index contributed by atoms with van der Waals surface area (Å²) in [7, 11) is 0. The van der Waals surface area contributed by atoms with Gasteiger partial charge in [0.05, 0.1) is 6.61 Å². The van der Waals surface area contributed by atoms with Crippen LogP contribution in [-0.2, 0) is 22.4 Å². The second-order valence-corrected chi connectivity index (χ2v) is 9.41. The maximum atomic E-state index is 12.2. The lowest BCUT2D eigenvalue weighted by Crippen LogP contribution is -2.19. The molecule has 0 aromatic carbocycles. The monoisotopic (exact) mass is 364 g/mol. The minimum atomic E-state index is -0.264. The fraction of sp³-hybridized carbons (Fsp3) is 0.611. The fourth-order valence-corrected chi connectivity index (χ4v) is 5.28. The summed E-state index contributed by atoms with van der Waals surface area (Å²) in [6.07, 6.45) is 5.04. The number of aromatic nitrogens is 2. The second kappa shape index (κ2) is 7.40. The molecule has 0 radical (unpaired) electrons. The average Bonchev–Trinajstić information content (AvgIpc) is 2.90. The molecule has 0 amide bonds. The molecule has 0 aliphatic heterocycles. The van der Waals surface area contributed by atoms with Crippen molar-refractivity contribution in [3.63, 3.8) is 0 Å². The summed E-state index contributed by atoms with van der Waals surface area (Å²) in [6, 6.07) is 0. The van der Waals surface area contributed by atoms with Gasteiger partial charge in [-0.2, -0.15) is 0 Å². The highest BCUT2D eigenvalue weighted by Crippen LogP contribution is 2.41.